The van der Waals surface area contributed by atoms with E-state index in [0.717, 1.165) is 22.3 Å². The molecule has 2 aromatic heterocycles. The van der Waals surface area contributed by atoms with Gasteiger partial charge in [-0.25, -0.2) is 0 Å². The maximum atomic E-state index is 5.57. The van der Waals surface area contributed by atoms with Crippen molar-refractivity contribution in [2.45, 2.75) is 6.61 Å². The molecule has 0 bridgehead atoms. The zero-order valence-corrected chi connectivity index (χ0v) is 12.1. The molecule has 0 fully saturated rings. The molecule has 0 saturated heterocycles. The first-order valence-electron chi connectivity index (χ1n) is 7.07. The Hall–Kier alpha value is -3.35. The predicted octanol–water partition coefficient (Wildman–Crippen LogP) is 3.27. The lowest BCUT2D eigenvalue weighted by Gasteiger charge is -2.02. The third-order valence-corrected chi connectivity index (χ3v) is 3.26. The number of rotatable bonds is 5. The summed E-state index contributed by atoms with van der Waals surface area (Å²) in [7, 11) is 0. The zero-order valence-electron chi connectivity index (χ0n) is 12.1. The second kappa shape index (κ2) is 5.80. The summed E-state index contributed by atoms with van der Waals surface area (Å²) >= 11 is 0. The number of hydrogen-bond donors (Lipinski definition) is 2. The fourth-order valence-corrected chi connectivity index (χ4v) is 2.17. The first kappa shape index (κ1) is 13.3. The molecule has 0 saturated carbocycles. The smallest absolute Gasteiger partial charge is 0.320 e. The highest BCUT2D eigenvalue weighted by Gasteiger charge is 2.07. The van der Waals surface area contributed by atoms with Crippen molar-refractivity contribution in [3.05, 3.63) is 60.6 Å². The fraction of sp³-hybridized carbons (Fsp3) is 0.0625. The van der Waals surface area contributed by atoms with E-state index in [9.17, 15) is 0 Å². The van der Waals surface area contributed by atoms with Gasteiger partial charge in [0, 0.05) is 11.1 Å². The molecular weight excluding hydrogens is 294 g/mol. The number of nitrogens with one attached hydrogen (secondary N) is 2. The van der Waals surface area contributed by atoms with Crippen LogP contribution < -0.4 is 10.1 Å². The monoisotopic (exact) mass is 307 g/mol. The van der Waals surface area contributed by atoms with E-state index < -0.39 is 0 Å². The average molecular weight is 307 g/mol. The van der Waals surface area contributed by atoms with Gasteiger partial charge in [-0.2, -0.15) is 5.10 Å². The number of anilines is 2. The van der Waals surface area contributed by atoms with Gasteiger partial charge in [0.05, 0.1) is 11.7 Å². The maximum absolute atomic E-state index is 5.57. The number of ether oxygens (including phenoxy) is 1. The molecule has 7 heteroatoms. The van der Waals surface area contributed by atoms with E-state index in [2.05, 4.69) is 25.7 Å². The molecule has 0 unspecified atom stereocenters. The summed E-state index contributed by atoms with van der Waals surface area (Å²) in [4.78, 5) is 0. The number of nitrogens with zero attached hydrogens (tertiary/aromatic N) is 3. The molecule has 0 amide bonds. The highest BCUT2D eigenvalue weighted by Crippen LogP contribution is 2.20. The summed E-state index contributed by atoms with van der Waals surface area (Å²) in [5, 5.41) is 18.9. The van der Waals surface area contributed by atoms with Crippen molar-refractivity contribution in [3.8, 4) is 5.75 Å². The van der Waals surface area contributed by atoms with Crippen molar-refractivity contribution in [2.75, 3.05) is 5.32 Å². The van der Waals surface area contributed by atoms with Gasteiger partial charge < -0.3 is 14.5 Å². The van der Waals surface area contributed by atoms with Crippen LogP contribution in [-0.2, 0) is 6.61 Å². The van der Waals surface area contributed by atoms with Gasteiger partial charge in [-0.15, -0.1) is 5.10 Å². The van der Waals surface area contributed by atoms with Crippen molar-refractivity contribution >= 4 is 22.6 Å². The number of hydrogen-bond acceptors (Lipinski definition) is 6. The minimum Gasteiger partial charge on any atom is -0.484 e. The number of fused-ring (bicyclic) bond motifs is 1. The molecule has 114 valence electrons. The molecule has 0 aliphatic rings. The molecule has 2 aromatic carbocycles. The Morgan fingerprint density at radius 2 is 2.00 bits per heavy atom. The summed E-state index contributed by atoms with van der Waals surface area (Å²) in [5.41, 5.74) is 1.82. The fourth-order valence-electron chi connectivity index (χ4n) is 2.17. The number of H-pyrrole nitrogens is 1. The van der Waals surface area contributed by atoms with Crippen LogP contribution in [0.2, 0.25) is 0 Å². The zero-order chi connectivity index (χ0) is 15.5. The third-order valence-electron chi connectivity index (χ3n) is 3.26. The van der Waals surface area contributed by atoms with E-state index in [1.54, 1.807) is 6.20 Å². The van der Waals surface area contributed by atoms with E-state index in [-0.39, 0.29) is 6.61 Å². The number of aromatic nitrogens is 4. The summed E-state index contributed by atoms with van der Waals surface area (Å²) in [6, 6.07) is 15.6. The molecule has 4 aromatic rings. The van der Waals surface area contributed by atoms with Gasteiger partial charge in [0.1, 0.15) is 5.75 Å². The van der Waals surface area contributed by atoms with Crippen LogP contribution in [0.1, 0.15) is 5.89 Å². The van der Waals surface area contributed by atoms with Crippen molar-refractivity contribution in [1.29, 1.82) is 0 Å². The Morgan fingerprint density at radius 3 is 2.91 bits per heavy atom. The van der Waals surface area contributed by atoms with E-state index in [0.29, 0.717) is 11.9 Å². The average Bonchev–Trinajstić information content (AvgIpc) is 3.23. The van der Waals surface area contributed by atoms with E-state index in [1.807, 2.05) is 48.5 Å². The molecule has 4 rings (SSSR count). The topological polar surface area (TPSA) is 88.9 Å². The Kier molecular flexibility index (Phi) is 3.36. The van der Waals surface area contributed by atoms with E-state index in [1.165, 1.54) is 0 Å². The molecule has 2 N–H and O–H groups in total. The highest BCUT2D eigenvalue weighted by molar-refractivity contribution is 5.82. The summed E-state index contributed by atoms with van der Waals surface area (Å²) in [6.45, 7) is 0.222. The lowest BCUT2D eigenvalue weighted by Crippen LogP contribution is -1.95. The van der Waals surface area contributed by atoms with Gasteiger partial charge in [-0.3, -0.25) is 5.10 Å². The summed E-state index contributed by atoms with van der Waals surface area (Å²) < 4.78 is 11.1. The SMILES string of the molecule is c1ccc(OCc2nnc(Nc3ccc4[nH]ncc4c3)o2)cc1. The standard InChI is InChI=1S/C16H13N5O2/c1-2-4-13(5-3-1)22-10-15-20-21-16(23-15)18-12-6-7-14-11(8-12)9-17-19-14/h1-9H,10H2,(H,17,19)(H,18,21). The minimum absolute atomic E-state index is 0.222. The Balaban J connectivity index is 1.43. The molecule has 23 heavy (non-hydrogen) atoms. The molecule has 0 aliphatic heterocycles. The molecule has 0 spiro atoms. The van der Waals surface area contributed by atoms with Gasteiger partial charge >= 0.3 is 6.01 Å². The quantitative estimate of drug-likeness (QED) is 0.588. The molecule has 0 radical (unpaired) electrons. The normalized spacial score (nSPS) is 10.8. The lowest BCUT2D eigenvalue weighted by atomic mass is 10.2. The minimum atomic E-state index is 0.222. The van der Waals surface area contributed by atoms with Crippen molar-refractivity contribution < 1.29 is 9.15 Å². The van der Waals surface area contributed by atoms with Crippen LogP contribution in [0.5, 0.6) is 5.75 Å². The van der Waals surface area contributed by atoms with E-state index >= 15 is 0 Å². The van der Waals surface area contributed by atoms with Crippen LogP contribution in [-0.4, -0.2) is 20.4 Å². The Bertz CT molecular complexity index is 916. The molecule has 0 atom stereocenters. The van der Waals surface area contributed by atoms with Crippen molar-refractivity contribution in [3.63, 3.8) is 0 Å². The molecule has 7 nitrogen and oxygen atoms in total. The van der Waals surface area contributed by atoms with Gasteiger partial charge in [-0.1, -0.05) is 23.3 Å². The van der Waals surface area contributed by atoms with Crippen LogP contribution >= 0.6 is 0 Å². The highest BCUT2D eigenvalue weighted by atomic mass is 16.5. The van der Waals surface area contributed by atoms with Crippen molar-refractivity contribution in [1.82, 2.24) is 20.4 Å². The number of para-hydroxylation sites is 1. The number of benzene rings is 2. The third kappa shape index (κ3) is 2.98. The van der Waals surface area contributed by atoms with E-state index in [4.69, 9.17) is 9.15 Å². The lowest BCUT2D eigenvalue weighted by molar-refractivity contribution is 0.265. The van der Waals surface area contributed by atoms with Crippen LogP contribution in [0.25, 0.3) is 10.9 Å². The van der Waals surface area contributed by atoms with Crippen LogP contribution in [0.15, 0.2) is 59.1 Å². The first-order valence-corrected chi connectivity index (χ1v) is 7.07. The van der Waals surface area contributed by atoms with Gasteiger partial charge in [0.2, 0.25) is 0 Å². The Labute approximate surface area is 131 Å². The van der Waals surface area contributed by atoms with Gasteiger partial charge in [0.25, 0.3) is 5.89 Å². The molecule has 0 aliphatic carbocycles. The summed E-state index contributed by atoms with van der Waals surface area (Å²) in [5.74, 6) is 1.16. The maximum Gasteiger partial charge on any atom is 0.320 e. The predicted molar refractivity (Wildman–Crippen MR) is 84.4 cm³/mol. The van der Waals surface area contributed by atoms with Crippen molar-refractivity contribution in [2.24, 2.45) is 0 Å². The second-order valence-electron chi connectivity index (χ2n) is 4.90. The largest absolute Gasteiger partial charge is 0.484 e. The van der Waals surface area contributed by atoms with Crippen LogP contribution in [0.4, 0.5) is 11.7 Å². The Morgan fingerprint density at radius 1 is 1.09 bits per heavy atom. The first-order chi connectivity index (χ1) is 11.4. The number of aromatic amines is 1. The molecular formula is C16H13N5O2. The van der Waals surface area contributed by atoms with Crippen LogP contribution in [0.3, 0.4) is 0 Å². The second-order valence-corrected chi connectivity index (χ2v) is 4.90. The molecule has 2 heterocycles. The van der Waals surface area contributed by atoms with Gasteiger partial charge in [-0.05, 0) is 30.3 Å². The summed E-state index contributed by atoms with van der Waals surface area (Å²) in [6.07, 6.45) is 1.76. The van der Waals surface area contributed by atoms with Gasteiger partial charge in [0.15, 0.2) is 6.61 Å². The van der Waals surface area contributed by atoms with Crippen LogP contribution in [0, 0.1) is 0 Å².